The number of benzene rings is 2. The maximum Gasteiger partial charge on any atom is 0.217 e. The summed E-state index contributed by atoms with van der Waals surface area (Å²) in [4.78, 5) is 11.1. The Morgan fingerprint density at radius 2 is 1.75 bits per heavy atom. The Hall–Kier alpha value is -1.91. The molecule has 2 aromatic rings. The third-order valence-corrected chi connectivity index (χ3v) is 4.89. The molecule has 1 aliphatic rings. The van der Waals surface area contributed by atoms with Crippen LogP contribution < -0.4 is 10.6 Å². The topological polar surface area (TPSA) is 61.4 Å². The minimum atomic E-state index is -0.498. The van der Waals surface area contributed by atoms with E-state index in [1.165, 1.54) is 5.39 Å². The summed E-state index contributed by atoms with van der Waals surface area (Å²) in [7, 11) is 0. The van der Waals surface area contributed by atoms with Crippen molar-refractivity contribution in [2.45, 2.75) is 50.8 Å². The Kier molecular flexibility index (Phi) is 5.48. The van der Waals surface area contributed by atoms with Gasteiger partial charge in [0.2, 0.25) is 5.91 Å². The van der Waals surface area contributed by atoms with Crippen molar-refractivity contribution < 1.29 is 9.90 Å². The van der Waals surface area contributed by atoms with Gasteiger partial charge < -0.3 is 15.7 Å². The largest absolute Gasteiger partial charge is 0.387 e. The number of nitrogens with one attached hydrogen (secondary N) is 2. The molecule has 1 saturated carbocycles. The Morgan fingerprint density at radius 3 is 2.46 bits per heavy atom. The van der Waals surface area contributed by atoms with Crippen LogP contribution in [0.4, 0.5) is 0 Å². The van der Waals surface area contributed by atoms with Crippen molar-refractivity contribution in [3.8, 4) is 0 Å². The average molecular weight is 326 g/mol. The van der Waals surface area contributed by atoms with Crippen molar-refractivity contribution in [2.24, 2.45) is 0 Å². The van der Waals surface area contributed by atoms with Gasteiger partial charge in [0, 0.05) is 25.6 Å². The summed E-state index contributed by atoms with van der Waals surface area (Å²) in [5.41, 5.74) is 0.952. The molecule has 2 aromatic carbocycles. The maximum atomic E-state index is 11.1. The molecule has 0 saturated heterocycles. The fourth-order valence-electron chi connectivity index (χ4n) is 3.54. The summed E-state index contributed by atoms with van der Waals surface area (Å²) >= 11 is 0. The third-order valence-electron chi connectivity index (χ3n) is 4.89. The lowest BCUT2D eigenvalue weighted by atomic mass is 9.91. The molecule has 1 amide bonds. The van der Waals surface area contributed by atoms with Gasteiger partial charge in [0.1, 0.15) is 0 Å². The van der Waals surface area contributed by atoms with Crippen LogP contribution in [0.1, 0.15) is 44.3 Å². The Bertz CT molecular complexity index is 693. The highest BCUT2D eigenvalue weighted by molar-refractivity contribution is 5.83. The van der Waals surface area contributed by atoms with Gasteiger partial charge >= 0.3 is 0 Å². The molecule has 1 unspecified atom stereocenters. The highest BCUT2D eigenvalue weighted by atomic mass is 16.3. The van der Waals surface area contributed by atoms with Gasteiger partial charge in [-0.3, -0.25) is 4.79 Å². The lowest BCUT2D eigenvalue weighted by molar-refractivity contribution is -0.119. The quantitative estimate of drug-likeness (QED) is 0.792. The summed E-state index contributed by atoms with van der Waals surface area (Å²) < 4.78 is 0. The molecule has 0 bridgehead atoms. The molecule has 0 radical (unpaired) electrons. The van der Waals surface area contributed by atoms with Gasteiger partial charge in [-0.05, 0) is 48.1 Å². The molecule has 24 heavy (non-hydrogen) atoms. The van der Waals surface area contributed by atoms with Gasteiger partial charge in [-0.1, -0.05) is 36.4 Å². The van der Waals surface area contributed by atoms with Gasteiger partial charge in [0.05, 0.1) is 6.10 Å². The zero-order chi connectivity index (χ0) is 16.9. The van der Waals surface area contributed by atoms with E-state index in [0.717, 1.165) is 36.6 Å². The van der Waals surface area contributed by atoms with Gasteiger partial charge in [-0.25, -0.2) is 0 Å². The molecule has 1 atom stereocenters. The summed E-state index contributed by atoms with van der Waals surface area (Å²) in [5, 5.41) is 19.3. The van der Waals surface area contributed by atoms with Gasteiger partial charge in [0.15, 0.2) is 0 Å². The summed E-state index contributed by atoms with van der Waals surface area (Å²) in [6, 6.07) is 15.1. The minimum Gasteiger partial charge on any atom is -0.387 e. The SMILES string of the molecule is CC(=O)NC1CCC(NCC(O)c2ccc3ccccc3c2)CC1. The van der Waals surface area contributed by atoms with Gasteiger partial charge in [-0.2, -0.15) is 0 Å². The number of aliphatic hydroxyl groups excluding tert-OH is 1. The zero-order valence-corrected chi connectivity index (χ0v) is 14.2. The first-order chi connectivity index (χ1) is 11.6. The van der Waals surface area contributed by atoms with Crippen LogP contribution in [0.25, 0.3) is 10.8 Å². The molecule has 0 spiro atoms. The molecule has 0 heterocycles. The van der Waals surface area contributed by atoms with Crippen LogP contribution in [0.5, 0.6) is 0 Å². The van der Waals surface area contributed by atoms with E-state index in [2.05, 4.69) is 34.9 Å². The smallest absolute Gasteiger partial charge is 0.217 e. The molecule has 3 rings (SSSR count). The van der Waals surface area contributed by atoms with Crippen LogP contribution in [0.3, 0.4) is 0 Å². The van der Waals surface area contributed by atoms with Crippen LogP contribution in [-0.4, -0.2) is 29.6 Å². The number of fused-ring (bicyclic) bond motifs is 1. The van der Waals surface area contributed by atoms with Crippen LogP contribution in [0.15, 0.2) is 42.5 Å². The van der Waals surface area contributed by atoms with Crippen molar-refractivity contribution in [3.05, 3.63) is 48.0 Å². The predicted octanol–water partition coefficient (Wildman–Crippen LogP) is 2.91. The number of carbonyl (C=O) groups is 1. The molecule has 0 aliphatic heterocycles. The highest BCUT2D eigenvalue weighted by Gasteiger charge is 2.22. The van der Waals surface area contributed by atoms with Crippen molar-refractivity contribution in [1.29, 1.82) is 0 Å². The molecular formula is C20H26N2O2. The summed E-state index contributed by atoms with van der Waals surface area (Å²) in [6.45, 7) is 2.14. The first-order valence-corrected chi connectivity index (χ1v) is 8.79. The second-order valence-electron chi connectivity index (χ2n) is 6.78. The standard InChI is InChI=1S/C20H26N2O2/c1-14(23)22-19-10-8-18(9-11-19)21-13-20(24)17-7-6-15-4-2-3-5-16(15)12-17/h2-7,12,18-21,24H,8-11,13H2,1H3,(H,22,23). The molecular weight excluding hydrogens is 300 g/mol. The first-order valence-electron chi connectivity index (χ1n) is 8.79. The Balaban J connectivity index is 1.50. The lowest BCUT2D eigenvalue weighted by Gasteiger charge is -2.30. The van der Waals surface area contributed by atoms with Crippen LogP contribution >= 0.6 is 0 Å². The maximum absolute atomic E-state index is 11.1. The number of hydrogen-bond donors (Lipinski definition) is 3. The number of carbonyl (C=O) groups excluding carboxylic acids is 1. The predicted molar refractivity (Wildman–Crippen MR) is 96.8 cm³/mol. The van der Waals surface area contributed by atoms with E-state index in [4.69, 9.17) is 0 Å². The van der Waals surface area contributed by atoms with E-state index in [0.29, 0.717) is 18.6 Å². The Morgan fingerprint density at radius 1 is 1.08 bits per heavy atom. The van der Waals surface area contributed by atoms with E-state index in [-0.39, 0.29) is 5.91 Å². The van der Waals surface area contributed by atoms with Crippen LogP contribution in [-0.2, 0) is 4.79 Å². The van der Waals surface area contributed by atoms with Crippen molar-refractivity contribution >= 4 is 16.7 Å². The van der Waals surface area contributed by atoms with E-state index in [1.807, 2.05) is 18.2 Å². The molecule has 3 N–H and O–H groups in total. The molecule has 128 valence electrons. The van der Waals surface area contributed by atoms with E-state index in [9.17, 15) is 9.90 Å². The van der Waals surface area contributed by atoms with E-state index >= 15 is 0 Å². The number of aliphatic hydroxyl groups is 1. The Labute approximate surface area is 143 Å². The molecule has 0 aromatic heterocycles. The van der Waals surface area contributed by atoms with Crippen molar-refractivity contribution in [3.63, 3.8) is 0 Å². The number of rotatable bonds is 5. The normalized spacial score (nSPS) is 22.2. The van der Waals surface area contributed by atoms with E-state index in [1.54, 1.807) is 6.92 Å². The minimum absolute atomic E-state index is 0.0538. The third kappa shape index (κ3) is 4.34. The number of hydrogen-bond acceptors (Lipinski definition) is 3. The molecule has 4 nitrogen and oxygen atoms in total. The molecule has 4 heteroatoms. The average Bonchev–Trinajstić information content (AvgIpc) is 2.60. The first kappa shape index (κ1) is 16.9. The number of amides is 1. The van der Waals surface area contributed by atoms with Gasteiger partial charge in [0.25, 0.3) is 0 Å². The lowest BCUT2D eigenvalue weighted by Crippen LogP contribution is -2.42. The monoisotopic (exact) mass is 326 g/mol. The van der Waals surface area contributed by atoms with Crippen LogP contribution in [0, 0.1) is 0 Å². The van der Waals surface area contributed by atoms with Crippen molar-refractivity contribution in [2.75, 3.05) is 6.54 Å². The summed E-state index contributed by atoms with van der Waals surface area (Å²) in [5.74, 6) is 0.0538. The second kappa shape index (κ2) is 7.77. The summed E-state index contributed by atoms with van der Waals surface area (Å²) in [6.07, 6.45) is 3.58. The van der Waals surface area contributed by atoms with Crippen molar-refractivity contribution in [1.82, 2.24) is 10.6 Å². The highest BCUT2D eigenvalue weighted by Crippen LogP contribution is 2.22. The van der Waals surface area contributed by atoms with E-state index < -0.39 is 6.10 Å². The van der Waals surface area contributed by atoms with Gasteiger partial charge in [-0.15, -0.1) is 0 Å². The fraction of sp³-hybridized carbons (Fsp3) is 0.450. The molecule has 1 fully saturated rings. The fourth-order valence-corrected chi connectivity index (χ4v) is 3.54. The second-order valence-corrected chi connectivity index (χ2v) is 6.78. The van der Waals surface area contributed by atoms with Crippen LogP contribution in [0.2, 0.25) is 0 Å². The zero-order valence-electron chi connectivity index (χ0n) is 14.2. The molecule has 1 aliphatic carbocycles.